The van der Waals surface area contributed by atoms with Gasteiger partial charge in [-0.3, -0.25) is 10.1 Å². The zero-order chi connectivity index (χ0) is 15.4. The summed E-state index contributed by atoms with van der Waals surface area (Å²) in [5.41, 5.74) is 1.02. The third-order valence-corrected chi connectivity index (χ3v) is 3.18. The van der Waals surface area contributed by atoms with Crippen LogP contribution in [0.1, 0.15) is 11.1 Å². The predicted molar refractivity (Wildman–Crippen MR) is 76.5 cm³/mol. The summed E-state index contributed by atoms with van der Waals surface area (Å²) in [4.78, 5) is 10.2. The molecule has 0 aliphatic heterocycles. The molecule has 0 fully saturated rings. The number of anilines is 1. The summed E-state index contributed by atoms with van der Waals surface area (Å²) in [6.45, 7) is 0.181. The van der Waals surface area contributed by atoms with Crippen molar-refractivity contribution < 1.29 is 9.31 Å². The van der Waals surface area contributed by atoms with Crippen LogP contribution in [0, 0.1) is 27.3 Å². The van der Waals surface area contributed by atoms with E-state index in [1.165, 1.54) is 30.3 Å². The Kier molecular flexibility index (Phi) is 4.36. The molecular weight excluding hydrogens is 297 g/mol. The highest BCUT2D eigenvalue weighted by atomic mass is 35.5. The van der Waals surface area contributed by atoms with Gasteiger partial charge in [-0.25, -0.2) is 4.39 Å². The van der Waals surface area contributed by atoms with Gasteiger partial charge in [0.25, 0.3) is 5.69 Å². The fourth-order valence-corrected chi connectivity index (χ4v) is 1.95. The van der Waals surface area contributed by atoms with Crippen LogP contribution in [0.25, 0.3) is 0 Å². The lowest BCUT2D eigenvalue weighted by Crippen LogP contribution is -2.03. The van der Waals surface area contributed by atoms with Crippen molar-refractivity contribution >= 4 is 23.0 Å². The maximum absolute atomic E-state index is 13.0. The number of hydrogen-bond acceptors (Lipinski definition) is 4. The second-order valence-corrected chi connectivity index (χ2v) is 4.60. The molecule has 0 heterocycles. The zero-order valence-electron chi connectivity index (χ0n) is 10.6. The highest BCUT2D eigenvalue weighted by molar-refractivity contribution is 6.31. The number of nitrogens with one attached hydrogen (secondary N) is 1. The molecule has 2 aromatic carbocycles. The summed E-state index contributed by atoms with van der Waals surface area (Å²) in [5, 5.41) is 23.0. The highest BCUT2D eigenvalue weighted by Crippen LogP contribution is 2.24. The average Bonchev–Trinajstić information content (AvgIpc) is 2.47. The Morgan fingerprint density at radius 3 is 2.76 bits per heavy atom. The first kappa shape index (κ1) is 14.8. The van der Waals surface area contributed by atoms with Gasteiger partial charge in [0.1, 0.15) is 11.9 Å². The van der Waals surface area contributed by atoms with Crippen LogP contribution in [0.5, 0.6) is 0 Å². The van der Waals surface area contributed by atoms with E-state index in [1.54, 1.807) is 0 Å². The first-order valence-electron chi connectivity index (χ1n) is 5.87. The first-order chi connectivity index (χ1) is 10.0. The second-order valence-electron chi connectivity index (χ2n) is 4.19. The summed E-state index contributed by atoms with van der Waals surface area (Å²) in [6, 6.07) is 9.73. The van der Waals surface area contributed by atoms with Gasteiger partial charge in [-0.1, -0.05) is 11.6 Å². The van der Waals surface area contributed by atoms with Gasteiger partial charge < -0.3 is 5.32 Å². The number of nitro benzene ring substituents is 1. The standard InChI is InChI=1S/C14H9ClFN3O2/c15-13-3-2-12(19(20)21)6-10(13)8-18-14-4-1-11(16)5-9(14)7-17/h1-6,18H,8H2. The molecule has 2 aromatic rings. The number of benzene rings is 2. The van der Waals surface area contributed by atoms with Crippen molar-refractivity contribution in [2.24, 2.45) is 0 Å². The fraction of sp³-hybridized carbons (Fsp3) is 0.0714. The van der Waals surface area contributed by atoms with Gasteiger partial charge in [0.05, 0.1) is 16.2 Å². The van der Waals surface area contributed by atoms with E-state index in [0.29, 0.717) is 16.3 Å². The SMILES string of the molecule is N#Cc1cc(F)ccc1NCc1cc([N+](=O)[O-])ccc1Cl. The number of non-ortho nitro benzene ring substituents is 1. The minimum Gasteiger partial charge on any atom is -0.380 e. The van der Waals surface area contributed by atoms with Crippen LogP contribution in [-0.4, -0.2) is 4.92 Å². The molecule has 0 bridgehead atoms. The van der Waals surface area contributed by atoms with Gasteiger partial charge in [0, 0.05) is 23.7 Å². The molecule has 0 saturated carbocycles. The zero-order valence-corrected chi connectivity index (χ0v) is 11.4. The molecule has 0 amide bonds. The molecule has 0 unspecified atom stereocenters. The largest absolute Gasteiger partial charge is 0.380 e. The van der Waals surface area contributed by atoms with Gasteiger partial charge in [-0.05, 0) is 29.8 Å². The normalized spacial score (nSPS) is 9.95. The van der Waals surface area contributed by atoms with E-state index in [4.69, 9.17) is 16.9 Å². The maximum atomic E-state index is 13.0. The molecule has 0 atom stereocenters. The average molecular weight is 306 g/mol. The lowest BCUT2D eigenvalue weighted by atomic mass is 10.1. The van der Waals surface area contributed by atoms with E-state index >= 15 is 0 Å². The predicted octanol–water partition coefficient (Wildman–Crippen LogP) is 3.87. The van der Waals surface area contributed by atoms with Crippen LogP contribution in [-0.2, 0) is 6.54 Å². The van der Waals surface area contributed by atoms with Crippen LogP contribution < -0.4 is 5.32 Å². The summed E-state index contributed by atoms with van der Waals surface area (Å²) < 4.78 is 13.0. The number of hydrogen-bond donors (Lipinski definition) is 1. The molecule has 1 N–H and O–H groups in total. The van der Waals surface area contributed by atoms with Crippen molar-refractivity contribution in [3.8, 4) is 6.07 Å². The minimum absolute atomic E-state index is 0.0733. The van der Waals surface area contributed by atoms with Gasteiger partial charge in [0.2, 0.25) is 0 Å². The Balaban J connectivity index is 2.22. The smallest absolute Gasteiger partial charge is 0.269 e. The maximum Gasteiger partial charge on any atom is 0.269 e. The molecule has 7 heteroatoms. The number of nitriles is 1. The number of nitro groups is 1. The van der Waals surface area contributed by atoms with Crippen molar-refractivity contribution in [1.82, 2.24) is 0 Å². The molecule has 2 rings (SSSR count). The van der Waals surface area contributed by atoms with E-state index < -0.39 is 10.7 Å². The van der Waals surface area contributed by atoms with Crippen molar-refractivity contribution in [1.29, 1.82) is 5.26 Å². The number of rotatable bonds is 4. The van der Waals surface area contributed by atoms with Crippen LogP contribution in [0.4, 0.5) is 15.8 Å². The fourth-order valence-electron chi connectivity index (χ4n) is 1.76. The molecule has 0 aromatic heterocycles. The van der Waals surface area contributed by atoms with Gasteiger partial charge >= 0.3 is 0 Å². The van der Waals surface area contributed by atoms with Crippen molar-refractivity contribution in [3.63, 3.8) is 0 Å². The second kappa shape index (κ2) is 6.20. The van der Waals surface area contributed by atoms with Crippen LogP contribution in [0.15, 0.2) is 36.4 Å². The molecule has 21 heavy (non-hydrogen) atoms. The van der Waals surface area contributed by atoms with Crippen LogP contribution in [0.2, 0.25) is 5.02 Å². The first-order valence-corrected chi connectivity index (χ1v) is 6.25. The number of nitrogens with zero attached hydrogens (tertiary/aromatic N) is 2. The Hall–Kier alpha value is -2.65. The van der Waals surface area contributed by atoms with Crippen molar-refractivity contribution in [2.75, 3.05) is 5.32 Å². The number of halogens is 2. The molecule has 0 spiro atoms. The molecule has 0 aliphatic carbocycles. The van der Waals surface area contributed by atoms with E-state index in [-0.39, 0.29) is 17.8 Å². The van der Waals surface area contributed by atoms with Crippen molar-refractivity contribution in [2.45, 2.75) is 6.54 Å². The molecule has 5 nitrogen and oxygen atoms in total. The molecule has 0 saturated heterocycles. The summed E-state index contributed by atoms with van der Waals surface area (Å²) >= 11 is 5.98. The van der Waals surface area contributed by atoms with Gasteiger partial charge in [-0.2, -0.15) is 5.26 Å². The van der Waals surface area contributed by atoms with E-state index in [1.807, 2.05) is 6.07 Å². The highest BCUT2D eigenvalue weighted by Gasteiger charge is 2.10. The van der Waals surface area contributed by atoms with Crippen LogP contribution >= 0.6 is 11.6 Å². The van der Waals surface area contributed by atoms with E-state index in [9.17, 15) is 14.5 Å². The van der Waals surface area contributed by atoms with E-state index in [0.717, 1.165) is 6.07 Å². The quantitative estimate of drug-likeness (QED) is 0.687. The summed E-state index contributed by atoms with van der Waals surface area (Å²) in [6.07, 6.45) is 0. The molecule has 106 valence electrons. The Morgan fingerprint density at radius 2 is 2.10 bits per heavy atom. The monoisotopic (exact) mass is 305 g/mol. The van der Waals surface area contributed by atoms with Gasteiger partial charge in [0.15, 0.2) is 0 Å². The van der Waals surface area contributed by atoms with E-state index in [2.05, 4.69) is 5.32 Å². The summed E-state index contributed by atoms with van der Waals surface area (Å²) in [5.74, 6) is -0.509. The lowest BCUT2D eigenvalue weighted by Gasteiger charge is -2.09. The van der Waals surface area contributed by atoms with Crippen molar-refractivity contribution in [3.05, 3.63) is 68.5 Å². The Bertz CT molecular complexity index is 743. The lowest BCUT2D eigenvalue weighted by molar-refractivity contribution is -0.384. The van der Waals surface area contributed by atoms with Gasteiger partial charge in [-0.15, -0.1) is 0 Å². The molecular formula is C14H9ClFN3O2. The third kappa shape index (κ3) is 3.46. The summed E-state index contributed by atoms with van der Waals surface area (Å²) in [7, 11) is 0. The topological polar surface area (TPSA) is 79.0 Å². The third-order valence-electron chi connectivity index (χ3n) is 2.81. The van der Waals surface area contributed by atoms with Crippen LogP contribution in [0.3, 0.4) is 0 Å². The molecule has 0 radical (unpaired) electrons. The Morgan fingerprint density at radius 1 is 1.33 bits per heavy atom. The minimum atomic E-state index is -0.515. The Labute approximate surface area is 124 Å². The molecule has 0 aliphatic rings.